The van der Waals surface area contributed by atoms with Crippen LogP contribution in [-0.2, 0) is 6.54 Å². The maximum Gasteiger partial charge on any atom is 0.182 e. The van der Waals surface area contributed by atoms with E-state index in [1.165, 1.54) is 68.2 Å². The molecule has 0 aliphatic rings. The highest BCUT2D eigenvalue weighted by molar-refractivity contribution is 7.26. The zero-order chi connectivity index (χ0) is 33.0. The molecule has 0 saturated carbocycles. The predicted octanol–water partition coefficient (Wildman–Crippen LogP) is 12.7. The molecule has 0 amide bonds. The lowest BCUT2D eigenvalue weighted by Gasteiger charge is -2.15. The van der Waals surface area contributed by atoms with Gasteiger partial charge in [-0.3, -0.25) is 0 Å². The Morgan fingerprint density at radius 2 is 1.06 bits per heavy atom. The number of aromatic nitrogens is 3. The SMILES string of the molecule is c1ccc(-c2ccccc2-c2ccccc2Cn2nc(-c3cccc4sc5ccccc5c34)nc2-c2ccc3sc4ccccc4c3c2)cc1. The monoisotopic (exact) mass is 675 g/mol. The second-order valence-electron chi connectivity index (χ2n) is 12.6. The summed E-state index contributed by atoms with van der Waals surface area (Å²) in [6.45, 7) is 0.574. The standard InChI is InChI=1S/C45H29N3S2/c1-2-13-29(14-3-1)32-16-6-7-18-34(32)33-17-5-4-15-31(33)28-48-45(30-25-26-41-38(27-30)35-19-8-10-22-39(35)49-41)46-44(47-48)37-21-12-24-42-43(37)36-20-9-11-23-40(36)50-42/h1-27H,28H2. The molecule has 0 atom stereocenters. The van der Waals surface area contributed by atoms with Crippen LogP contribution in [0.5, 0.6) is 0 Å². The Hall–Kier alpha value is -5.88. The van der Waals surface area contributed by atoms with Gasteiger partial charge in [0, 0.05) is 51.5 Å². The Morgan fingerprint density at radius 3 is 1.92 bits per heavy atom. The first-order chi connectivity index (χ1) is 24.8. The summed E-state index contributed by atoms with van der Waals surface area (Å²) in [7, 11) is 0. The zero-order valence-corrected chi connectivity index (χ0v) is 28.6. The van der Waals surface area contributed by atoms with Gasteiger partial charge in [0.25, 0.3) is 0 Å². The molecular formula is C45H29N3S2. The van der Waals surface area contributed by atoms with Crippen LogP contribution >= 0.6 is 22.7 Å². The topological polar surface area (TPSA) is 30.7 Å². The lowest BCUT2D eigenvalue weighted by atomic mass is 9.92. The Morgan fingerprint density at radius 1 is 0.440 bits per heavy atom. The second-order valence-corrected chi connectivity index (χ2v) is 14.7. The van der Waals surface area contributed by atoms with Crippen LogP contribution in [0, 0.1) is 0 Å². The van der Waals surface area contributed by atoms with Gasteiger partial charge in [0.05, 0.1) is 6.54 Å². The van der Waals surface area contributed by atoms with E-state index in [4.69, 9.17) is 10.1 Å². The van der Waals surface area contributed by atoms with Gasteiger partial charge >= 0.3 is 0 Å². The van der Waals surface area contributed by atoms with E-state index in [2.05, 4.69) is 168 Å². The highest BCUT2D eigenvalue weighted by Gasteiger charge is 2.20. The molecule has 0 aliphatic carbocycles. The lowest BCUT2D eigenvalue weighted by Crippen LogP contribution is -2.06. The summed E-state index contributed by atoms with van der Waals surface area (Å²) >= 11 is 3.66. The number of fused-ring (bicyclic) bond motifs is 6. The minimum Gasteiger partial charge on any atom is -0.241 e. The van der Waals surface area contributed by atoms with E-state index in [-0.39, 0.29) is 0 Å². The van der Waals surface area contributed by atoms with Crippen LogP contribution in [0.1, 0.15) is 5.56 Å². The van der Waals surface area contributed by atoms with E-state index in [0.717, 1.165) is 22.8 Å². The molecule has 10 rings (SSSR count). The summed E-state index contributed by atoms with van der Waals surface area (Å²) in [5.74, 6) is 1.60. The third-order valence-corrected chi connectivity index (χ3v) is 11.9. The smallest absolute Gasteiger partial charge is 0.182 e. The molecule has 3 heterocycles. The van der Waals surface area contributed by atoms with Crippen LogP contribution in [0.4, 0.5) is 0 Å². The van der Waals surface area contributed by atoms with Gasteiger partial charge in [0.1, 0.15) is 0 Å². The minimum absolute atomic E-state index is 0.574. The van der Waals surface area contributed by atoms with E-state index < -0.39 is 0 Å². The van der Waals surface area contributed by atoms with Crippen molar-refractivity contribution in [3.63, 3.8) is 0 Å². The number of hydrogen-bond donors (Lipinski definition) is 0. The fourth-order valence-corrected chi connectivity index (χ4v) is 9.49. The molecule has 3 nitrogen and oxygen atoms in total. The van der Waals surface area contributed by atoms with Crippen LogP contribution < -0.4 is 0 Å². The van der Waals surface area contributed by atoms with Crippen molar-refractivity contribution in [1.29, 1.82) is 0 Å². The molecule has 5 heteroatoms. The summed E-state index contributed by atoms with van der Waals surface area (Å²) < 4.78 is 7.20. The number of rotatable bonds is 6. The van der Waals surface area contributed by atoms with Crippen LogP contribution in [0.15, 0.2) is 164 Å². The highest BCUT2D eigenvalue weighted by Crippen LogP contribution is 2.41. The van der Waals surface area contributed by atoms with Crippen molar-refractivity contribution in [1.82, 2.24) is 14.8 Å². The Bertz CT molecular complexity index is 2860. The summed E-state index contributed by atoms with van der Waals surface area (Å²) in [5.41, 5.74) is 8.13. The maximum atomic E-state index is 5.38. The summed E-state index contributed by atoms with van der Waals surface area (Å²) in [5, 5.41) is 10.3. The molecule has 236 valence electrons. The molecule has 0 N–H and O–H groups in total. The number of thiophene rings is 2. The molecule has 10 aromatic rings. The summed E-state index contributed by atoms with van der Waals surface area (Å²) in [6, 6.07) is 58.6. The molecule has 0 bridgehead atoms. The maximum absolute atomic E-state index is 5.38. The van der Waals surface area contributed by atoms with Crippen molar-refractivity contribution in [3.8, 4) is 45.0 Å². The Balaban J connectivity index is 1.17. The first-order valence-electron chi connectivity index (χ1n) is 16.8. The van der Waals surface area contributed by atoms with Gasteiger partial charge in [-0.15, -0.1) is 22.7 Å². The van der Waals surface area contributed by atoms with Crippen molar-refractivity contribution in [3.05, 3.63) is 169 Å². The Kier molecular flexibility index (Phi) is 6.93. The van der Waals surface area contributed by atoms with Gasteiger partial charge in [-0.25, -0.2) is 9.67 Å². The van der Waals surface area contributed by atoms with Gasteiger partial charge in [-0.1, -0.05) is 127 Å². The molecule has 0 unspecified atom stereocenters. The van der Waals surface area contributed by atoms with Crippen molar-refractivity contribution in [2.75, 3.05) is 0 Å². The lowest BCUT2D eigenvalue weighted by molar-refractivity contribution is 0.696. The van der Waals surface area contributed by atoms with Crippen LogP contribution in [0.25, 0.3) is 85.4 Å². The fraction of sp³-hybridized carbons (Fsp3) is 0.0222. The van der Waals surface area contributed by atoms with E-state index in [1.807, 2.05) is 22.7 Å². The largest absolute Gasteiger partial charge is 0.241 e. The molecule has 0 spiro atoms. The van der Waals surface area contributed by atoms with Crippen molar-refractivity contribution >= 4 is 63.0 Å². The highest BCUT2D eigenvalue weighted by atomic mass is 32.1. The third kappa shape index (κ3) is 4.85. The van der Waals surface area contributed by atoms with Crippen molar-refractivity contribution < 1.29 is 0 Å². The zero-order valence-electron chi connectivity index (χ0n) is 27.0. The van der Waals surface area contributed by atoms with Gasteiger partial charge in [-0.2, -0.15) is 5.10 Å². The molecule has 0 saturated heterocycles. The number of benzene rings is 7. The van der Waals surface area contributed by atoms with E-state index in [9.17, 15) is 0 Å². The summed E-state index contributed by atoms with van der Waals surface area (Å²) in [4.78, 5) is 5.38. The van der Waals surface area contributed by atoms with Crippen molar-refractivity contribution in [2.24, 2.45) is 0 Å². The number of hydrogen-bond acceptors (Lipinski definition) is 4. The van der Waals surface area contributed by atoms with E-state index >= 15 is 0 Å². The fourth-order valence-electron chi connectivity index (χ4n) is 7.28. The molecular weight excluding hydrogens is 647 g/mol. The van der Waals surface area contributed by atoms with Crippen molar-refractivity contribution in [2.45, 2.75) is 6.54 Å². The first kappa shape index (κ1) is 29.1. The van der Waals surface area contributed by atoms with Crippen LogP contribution in [-0.4, -0.2) is 14.8 Å². The van der Waals surface area contributed by atoms with Gasteiger partial charge in [0.15, 0.2) is 11.6 Å². The average molecular weight is 676 g/mol. The Labute approximate surface area is 297 Å². The predicted molar refractivity (Wildman–Crippen MR) is 213 cm³/mol. The molecule has 50 heavy (non-hydrogen) atoms. The third-order valence-electron chi connectivity index (χ3n) is 9.59. The average Bonchev–Trinajstić information content (AvgIpc) is 3.88. The molecule has 3 aromatic heterocycles. The normalized spacial score (nSPS) is 11.7. The first-order valence-corrected chi connectivity index (χ1v) is 18.4. The second kappa shape index (κ2) is 11.9. The number of nitrogens with zero attached hydrogens (tertiary/aromatic N) is 3. The minimum atomic E-state index is 0.574. The van der Waals surface area contributed by atoms with Crippen LogP contribution in [0.3, 0.4) is 0 Å². The summed E-state index contributed by atoms with van der Waals surface area (Å²) in [6.07, 6.45) is 0. The van der Waals surface area contributed by atoms with Crippen LogP contribution in [0.2, 0.25) is 0 Å². The molecule has 0 fully saturated rings. The van der Waals surface area contributed by atoms with Gasteiger partial charge < -0.3 is 0 Å². The molecule has 0 aliphatic heterocycles. The quantitative estimate of drug-likeness (QED) is 0.176. The molecule has 7 aromatic carbocycles. The van der Waals surface area contributed by atoms with Gasteiger partial charge in [0.2, 0.25) is 0 Å². The van der Waals surface area contributed by atoms with E-state index in [0.29, 0.717) is 6.54 Å². The van der Waals surface area contributed by atoms with Gasteiger partial charge in [-0.05, 0) is 64.2 Å². The molecule has 0 radical (unpaired) electrons. The van der Waals surface area contributed by atoms with E-state index in [1.54, 1.807) is 0 Å².